The lowest BCUT2D eigenvalue weighted by atomic mass is 10.2. The predicted octanol–water partition coefficient (Wildman–Crippen LogP) is 0.699. The second-order valence-electron chi connectivity index (χ2n) is 4.26. The van der Waals surface area contributed by atoms with Crippen molar-refractivity contribution in [3.63, 3.8) is 0 Å². The van der Waals surface area contributed by atoms with E-state index >= 15 is 0 Å². The first-order chi connectivity index (χ1) is 8.99. The third kappa shape index (κ3) is 2.85. The predicted molar refractivity (Wildman–Crippen MR) is 74.0 cm³/mol. The number of aromatic nitrogens is 3. The average molecular weight is 281 g/mol. The highest BCUT2D eigenvalue weighted by Crippen LogP contribution is 2.09. The molecule has 100 valence electrons. The number of rotatable bonds is 3. The SMILES string of the molecule is CN(C)c1n[nH]c(=O)n(Cc2ccc(Cl)cc2)c1=O. The number of H-pyrrole nitrogens is 1. The van der Waals surface area contributed by atoms with Crippen LogP contribution in [0.1, 0.15) is 5.56 Å². The first kappa shape index (κ1) is 13.4. The molecule has 0 spiro atoms. The molecule has 7 heteroatoms. The van der Waals surface area contributed by atoms with E-state index in [1.807, 2.05) is 0 Å². The summed E-state index contributed by atoms with van der Waals surface area (Å²) in [6, 6.07) is 6.96. The molecule has 1 aromatic heterocycles. The van der Waals surface area contributed by atoms with Crippen LogP contribution >= 0.6 is 11.6 Å². The van der Waals surface area contributed by atoms with Crippen LogP contribution in [0.25, 0.3) is 0 Å². The van der Waals surface area contributed by atoms with Gasteiger partial charge < -0.3 is 4.90 Å². The second-order valence-corrected chi connectivity index (χ2v) is 4.70. The molecular weight excluding hydrogens is 268 g/mol. The molecule has 0 fully saturated rings. The molecule has 0 atom stereocenters. The Morgan fingerprint density at radius 3 is 2.47 bits per heavy atom. The summed E-state index contributed by atoms with van der Waals surface area (Å²) in [6.07, 6.45) is 0. The van der Waals surface area contributed by atoms with Crippen molar-refractivity contribution in [3.05, 3.63) is 55.7 Å². The van der Waals surface area contributed by atoms with Crippen LogP contribution in [0, 0.1) is 0 Å². The molecule has 1 aromatic carbocycles. The van der Waals surface area contributed by atoms with Crippen molar-refractivity contribution >= 4 is 17.4 Å². The molecule has 2 aromatic rings. The van der Waals surface area contributed by atoms with E-state index in [4.69, 9.17) is 11.6 Å². The lowest BCUT2D eigenvalue weighted by molar-refractivity contribution is 0.664. The zero-order chi connectivity index (χ0) is 14.0. The van der Waals surface area contributed by atoms with Gasteiger partial charge >= 0.3 is 5.69 Å². The zero-order valence-electron chi connectivity index (χ0n) is 10.6. The lowest BCUT2D eigenvalue weighted by Gasteiger charge is -2.11. The van der Waals surface area contributed by atoms with Gasteiger partial charge in [-0.1, -0.05) is 23.7 Å². The summed E-state index contributed by atoms with van der Waals surface area (Å²) in [5.74, 6) is 0.188. The maximum Gasteiger partial charge on any atom is 0.345 e. The van der Waals surface area contributed by atoms with Crippen molar-refractivity contribution in [1.82, 2.24) is 14.8 Å². The van der Waals surface area contributed by atoms with Crippen molar-refractivity contribution in [3.8, 4) is 0 Å². The molecule has 0 amide bonds. The minimum atomic E-state index is -0.537. The topological polar surface area (TPSA) is 71.0 Å². The third-order valence-electron chi connectivity index (χ3n) is 2.62. The summed E-state index contributed by atoms with van der Waals surface area (Å²) in [5.41, 5.74) is -0.151. The molecule has 19 heavy (non-hydrogen) atoms. The van der Waals surface area contributed by atoms with Gasteiger partial charge in [-0.05, 0) is 17.7 Å². The zero-order valence-corrected chi connectivity index (χ0v) is 11.3. The highest BCUT2D eigenvalue weighted by atomic mass is 35.5. The maximum atomic E-state index is 12.1. The molecule has 1 N–H and O–H groups in total. The standard InChI is InChI=1S/C12H13ClN4O2/c1-16(2)10-11(18)17(12(19)15-14-10)7-8-3-5-9(13)6-4-8/h3-6H,7H2,1-2H3,(H,15,19). The molecule has 0 radical (unpaired) electrons. The van der Waals surface area contributed by atoms with Crippen molar-refractivity contribution in [2.75, 3.05) is 19.0 Å². The van der Waals surface area contributed by atoms with Gasteiger partial charge in [-0.2, -0.15) is 0 Å². The molecule has 0 aliphatic heterocycles. The Kier molecular flexibility index (Phi) is 3.71. The monoisotopic (exact) mass is 280 g/mol. The Morgan fingerprint density at radius 1 is 1.26 bits per heavy atom. The summed E-state index contributed by atoms with van der Waals surface area (Å²) < 4.78 is 1.10. The number of halogens is 1. The number of benzene rings is 1. The Hall–Kier alpha value is -2.08. The molecule has 1 heterocycles. The fourth-order valence-electron chi connectivity index (χ4n) is 1.63. The summed E-state index contributed by atoms with van der Waals surface area (Å²) in [4.78, 5) is 25.4. The van der Waals surface area contributed by atoms with Gasteiger partial charge in [0, 0.05) is 19.1 Å². The van der Waals surface area contributed by atoms with Crippen LogP contribution < -0.4 is 16.1 Å². The Morgan fingerprint density at radius 2 is 1.89 bits per heavy atom. The van der Waals surface area contributed by atoms with Gasteiger partial charge in [0.05, 0.1) is 6.54 Å². The minimum Gasteiger partial charge on any atom is -0.357 e. The number of nitrogens with zero attached hydrogens (tertiary/aromatic N) is 3. The van der Waals surface area contributed by atoms with Gasteiger partial charge in [0.25, 0.3) is 5.56 Å². The first-order valence-electron chi connectivity index (χ1n) is 5.60. The quantitative estimate of drug-likeness (QED) is 0.898. The van der Waals surface area contributed by atoms with Gasteiger partial charge in [0.15, 0.2) is 0 Å². The molecule has 2 rings (SSSR count). The molecule has 6 nitrogen and oxygen atoms in total. The fraction of sp³-hybridized carbons (Fsp3) is 0.250. The molecule has 0 saturated heterocycles. The van der Waals surface area contributed by atoms with Gasteiger partial charge in [-0.3, -0.25) is 9.36 Å². The van der Waals surface area contributed by atoms with Crippen LogP contribution in [0.15, 0.2) is 33.9 Å². The fourth-order valence-corrected chi connectivity index (χ4v) is 1.76. The number of hydrogen-bond acceptors (Lipinski definition) is 4. The minimum absolute atomic E-state index is 0.175. The Balaban J connectivity index is 2.45. The normalized spacial score (nSPS) is 10.5. The van der Waals surface area contributed by atoms with E-state index in [-0.39, 0.29) is 12.4 Å². The van der Waals surface area contributed by atoms with Crippen LogP contribution in [0.2, 0.25) is 5.02 Å². The smallest absolute Gasteiger partial charge is 0.345 e. The average Bonchev–Trinajstić information content (AvgIpc) is 2.36. The van der Waals surface area contributed by atoms with Crippen LogP contribution in [-0.2, 0) is 6.54 Å². The molecule has 0 bridgehead atoms. The van der Waals surface area contributed by atoms with E-state index in [1.165, 1.54) is 0 Å². The van der Waals surface area contributed by atoms with Crippen molar-refractivity contribution in [1.29, 1.82) is 0 Å². The van der Waals surface area contributed by atoms with Crippen LogP contribution in [-0.4, -0.2) is 28.9 Å². The van der Waals surface area contributed by atoms with Gasteiger partial charge in [0.1, 0.15) is 0 Å². The van der Waals surface area contributed by atoms with E-state index in [1.54, 1.807) is 43.3 Å². The van der Waals surface area contributed by atoms with Crippen molar-refractivity contribution in [2.24, 2.45) is 0 Å². The summed E-state index contributed by atoms with van der Waals surface area (Å²) >= 11 is 5.79. The van der Waals surface area contributed by atoms with Crippen LogP contribution in [0.5, 0.6) is 0 Å². The number of aromatic amines is 1. The van der Waals surface area contributed by atoms with Crippen molar-refractivity contribution < 1.29 is 0 Å². The van der Waals surface area contributed by atoms with E-state index in [2.05, 4.69) is 10.2 Å². The van der Waals surface area contributed by atoms with Gasteiger partial charge in [-0.15, -0.1) is 5.10 Å². The second kappa shape index (κ2) is 5.27. The molecule has 0 aliphatic rings. The molecule has 0 unspecified atom stereocenters. The Labute approximate surface area is 114 Å². The number of anilines is 1. The third-order valence-corrected chi connectivity index (χ3v) is 2.87. The van der Waals surface area contributed by atoms with Gasteiger partial charge in [-0.25, -0.2) is 9.89 Å². The van der Waals surface area contributed by atoms with Crippen molar-refractivity contribution in [2.45, 2.75) is 6.54 Å². The van der Waals surface area contributed by atoms with Crippen LogP contribution in [0.4, 0.5) is 5.82 Å². The molecular formula is C12H13ClN4O2. The first-order valence-corrected chi connectivity index (χ1v) is 5.98. The molecule has 0 saturated carbocycles. The lowest BCUT2D eigenvalue weighted by Crippen LogP contribution is -2.39. The summed E-state index contributed by atoms with van der Waals surface area (Å²) in [5, 5.41) is 6.64. The highest BCUT2D eigenvalue weighted by Gasteiger charge is 2.10. The highest BCUT2D eigenvalue weighted by molar-refractivity contribution is 6.30. The van der Waals surface area contributed by atoms with Gasteiger partial charge in [0.2, 0.25) is 5.82 Å². The molecule has 0 aliphatic carbocycles. The van der Waals surface area contributed by atoms with E-state index < -0.39 is 11.2 Å². The Bertz CT molecular complexity index is 688. The van der Waals surface area contributed by atoms with Crippen LogP contribution in [0.3, 0.4) is 0 Å². The van der Waals surface area contributed by atoms with E-state index in [0.29, 0.717) is 5.02 Å². The van der Waals surface area contributed by atoms with E-state index in [9.17, 15) is 9.59 Å². The number of hydrogen-bond donors (Lipinski definition) is 1. The summed E-state index contributed by atoms with van der Waals surface area (Å²) in [6.45, 7) is 0.175. The summed E-state index contributed by atoms with van der Waals surface area (Å²) in [7, 11) is 3.38. The number of nitrogens with one attached hydrogen (secondary N) is 1. The maximum absolute atomic E-state index is 12.1. The largest absolute Gasteiger partial charge is 0.357 e. The van der Waals surface area contributed by atoms with E-state index in [0.717, 1.165) is 10.1 Å².